The summed E-state index contributed by atoms with van der Waals surface area (Å²) in [5.41, 5.74) is 3.29. The van der Waals surface area contributed by atoms with E-state index in [4.69, 9.17) is 4.42 Å². The van der Waals surface area contributed by atoms with Crippen molar-refractivity contribution in [3.05, 3.63) is 71.1 Å². The minimum Gasteiger partial charge on any atom is -0.407 e. The number of nitrogens with zero attached hydrogens (tertiary/aromatic N) is 2. The molecule has 28 heavy (non-hydrogen) atoms. The molecule has 0 radical (unpaired) electrons. The van der Waals surface area contributed by atoms with Gasteiger partial charge in [0.15, 0.2) is 0 Å². The average molecular weight is 400 g/mol. The maximum atomic E-state index is 12.4. The highest BCUT2D eigenvalue weighted by Gasteiger charge is 2.20. The Morgan fingerprint density at radius 3 is 2.21 bits per heavy atom. The zero-order chi connectivity index (χ0) is 20.3. The lowest BCUT2D eigenvalue weighted by atomic mass is 9.97. The van der Waals surface area contributed by atoms with Crippen LogP contribution in [0.5, 0.6) is 0 Å². The molecule has 3 rings (SSSR count). The molecular formula is C21H25N3O3S. The molecule has 6 nitrogen and oxygen atoms in total. The molecule has 1 unspecified atom stereocenters. The van der Waals surface area contributed by atoms with Crippen LogP contribution < -0.4 is 4.72 Å². The summed E-state index contributed by atoms with van der Waals surface area (Å²) in [5, 5.41) is 7.85. The van der Waals surface area contributed by atoms with Gasteiger partial charge in [-0.15, -0.1) is 5.10 Å². The van der Waals surface area contributed by atoms with Crippen molar-refractivity contribution < 1.29 is 12.8 Å². The van der Waals surface area contributed by atoms with E-state index in [1.165, 1.54) is 17.7 Å². The standard InChI is InChI=1S/C21H25N3O3S/c1-14(2)13-17-7-9-18(10-8-17)16(4)20-22-23-21(27-20)24-28(25,26)19-11-5-15(3)6-12-19/h5-12,14,16H,13H2,1-4H3,(H,23,24). The molecule has 1 heterocycles. The van der Waals surface area contributed by atoms with E-state index in [-0.39, 0.29) is 16.8 Å². The van der Waals surface area contributed by atoms with Crippen LogP contribution in [-0.2, 0) is 16.4 Å². The smallest absolute Gasteiger partial charge is 0.329 e. The zero-order valence-electron chi connectivity index (χ0n) is 16.5. The summed E-state index contributed by atoms with van der Waals surface area (Å²) < 4.78 is 32.8. The summed E-state index contributed by atoms with van der Waals surface area (Å²) in [6, 6.07) is 14.7. The Hall–Kier alpha value is -2.67. The topological polar surface area (TPSA) is 85.1 Å². The normalized spacial score (nSPS) is 12.9. The molecule has 0 aliphatic heterocycles. The van der Waals surface area contributed by atoms with Crippen molar-refractivity contribution >= 4 is 16.0 Å². The van der Waals surface area contributed by atoms with Crippen molar-refractivity contribution in [1.82, 2.24) is 10.2 Å². The van der Waals surface area contributed by atoms with Gasteiger partial charge in [-0.2, -0.15) is 0 Å². The van der Waals surface area contributed by atoms with Gasteiger partial charge in [0.2, 0.25) is 5.89 Å². The number of anilines is 1. The van der Waals surface area contributed by atoms with Crippen LogP contribution in [-0.4, -0.2) is 18.6 Å². The fourth-order valence-electron chi connectivity index (χ4n) is 2.90. The van der Waals surface area contributed by atoms with E-state index < -0.39 is 10.0 Å². The molecule has 0 bridgehead atoms. The summed E-state index contributed by atoms with van der Waals surface area (Å²) in [7, 11) is -3.77. The minimum atomic E-state index is -3.77. The van der Waals surface area contributed by atoms with E-state index in [0.29, 0.717) is 11.8 Å². The summed E-state index contributed by atoms with van der Waals surface area (Å²) >= 11 is 0. The summed E-state index contributed by atoms with van der Waals surface area (Å²) in [6.07, 6.45) is 1.03. The van der Waals surface area contributed by atoms with E-state index >= 15 is 0 Å². The first-order valence-electron chi connectivity index (χ1n) is 9.26. The molecule has 0 amide bonds. The number of sulfonamides is 1. The predicted molar refractivity (Wildman–Crippen MR) is 109 cm³/mol. The zero-order valence-corrected chi connectivity index (χ0v) is 17.3. The van der Waals surface area contributed by atoms with Gasteiger partial charge in [-0.05, 0) is 49.4 Å². The number of aromatic nitrogens is 2. The Morgan fingerprint density at radius 2 is 1.61 bits per heavy atom. The Morgan fingerprint density at radius 1 is 0.964 bits per heavy atom. The summed E-state index contributed by atoms with van der Waals surface area (Å²) in [6.45, 7) is 8.22. The number of aryl methyl sites for hydroxylation is 1. The van der Waals surface area contributed by atoms with E-state index in [1.807, 2.05) is 26.0 Å². The molecule has 3 aromatic rings. The Bertz CT molecular complexity index is 1020. The van der Waals surface area contributed by atoms with Crippen LogP contribution in [0.2, 0.25) is 0 Å². The van der Waals surface area contributed by atoms with Crippen molar-refractivity contribution in [2.45, 2.75) is 44.9 Å². The number of hydrogen-bond acceptors (Lipinski definition) is 5. The van der Waals surface area contributed by atoms with Crippen LogP contribution in [0.15, 0.2) is 57.8 Å². The van der Waals surface area contributed by atoms with E-state index in [2.05, 4.69) is 40.9 Å². The molecule has 0 aliphatic carbocycles. The van der Waals surface area contributed by atoms with Gasteiger partial charge < -0.3 is 4.42 Å². The highest BCUT2D eigenvalue weighted by molar-refractivity contribution is 7.92. The largest absolute Gasteiger partial charge is 0.407 e. The first-order valence-corrected chi connectivity index (χ1v) is 10.7. The van der Waals surface area contributed by atoms with Crippen LogP contribution in [0.25, 0.3) is 0 Å². The quantitative estimate of drug-likeness (QED) is 0.631. The molecule has 7 heteroatoms. The van der Waals surface area contributed by atoms with Crippen molar-refractivity contribution in [2.24, 2.45) is 5.92 Å². The second-order valence-electron chi connectivity index (χ2n) is 7.43. The van der Waals surface area contributed by atoms with Gasteiger partial charge in [0.1, 0.15) is 0 Å². The van der Waals surface area contributed by atoms with Gasteiger partial charge in [0.05, 0.1) is 10.8 Å². The van der Waals surface area contributed by atoms with Crippen LogP contribution >= 0.6 is 0 Å². The number of benzene rings is 2. The third-order valence-electron chi connectivity index (χ3n) is 4.49. The fraction of sp³-hybridized carbons (Fsp3) is 0.333. The first kappa shape index (κ1) is 20.1. The van der Waals surface area contributed by atoms with Gasteiger partial charge in [0, 0.05) is 0 Å². The van der Waals surface area contributed by atoms with Crippen molar-refractivity contribution in [1.29, 1.82) is 0 Å². The molecule has 0 saturated carbocycles. The van der Waals surface area contributed by atoms with Crippen molar-refractivity contribution in [3.63, 3.8) is 0 Å². The number of hydrogen-bond donors (Lipinski definition) is 1. The molecule has 0 fully saturated rings. The summed E-state index contributed by atoms with van der Waals surface area (Å²) in [5.74, 6) is 0.819. The van der Waals surface area contributed by atoms with Crippen LogP contribution in [0.1, 0.15) is 49.3 Å². The van der Waals surface area contributed by atoms with Crippen molar-refractivity contribution in [2.75, 3.05) is 4.72 Å². The third-order valence-corrected chi connectivity index (χ3v) is 5.82. The SMILES string of the molecule is Cc1ccc(S(=O)(=O)Nc2nnc(C(C)c3ccc(CC(C)C)cc3)o2)cc1. The molecule has 0 spiro atoms. The molecular weight excluding hydrogens is 374 g/mol. The lowest BCUT2D eigenvalue weighted by Crippen LogP contribution is -2.13. The second-order valence-corrected chi connectivity index (χ2v) is 9.11. The van der Waals surface area contributed by atoms with E-state index in [0.717, 1.165) is 17.5 Å². The number of nitrogens with one attached hydrogen (secondary N) is 1. The fourth-order valence-corrected chi connectivity index (χ4v) is 3.82. The second kappa shape index (κ2) is 8.14. The molecule has 1 aromatic heterocycles. The highest BCUT2D eigenvalue weighted by Crippen LogP contribution is 2.25. The maximum Gasteiger partial charge on any atom is 0.329 e. The third kappa shape index (κ3) is 4.78. The van der Waals surface area contributed by atoms with Gasteiger partial charge in [-0.25, -0.2) is 13.1 Å². The molecule has 2 aromatic carbocycles. The number of rotatable bonds is 7. The molecule has 1 N–H and O–H groups in total. The monoisotopic (exact) mass is 399 g/mol. The first-order chi connectivity index (χ1) is 13.2. The Balaban J connectivity index is 1.73. The maximum absolute atomic E-state index is 12.4. The average Bonchev–Trinajstić information content (AvgIpc) is 3.09. The molecule has 148 valence electrons. The van der Waals surface area contributed by atoms with Gasteiger partial charge >= 0.3 is 6.01 Å². The highest BCUT2D eigenvalue weighted by atomic mass is 32.2. The lowest BCUT2D eigenvalue weighted by Gasteiger charge is -2.10. The molecule has 1 atom stereocenters. The Kier molecular flexibility index (Phi) is 5.84. The van der Waals surface area contributed by atoms with E-state index in [9.17, 15) is 8.42 Å². The van der Waals surface area contributed by atoms with Crippen molar-refractivity contribution in [3.8, 4) is 0 Å². The lowest BCUT2D eigenvalue weighted by molar-refractivity contribution is 0.493. The minimum absolute atomic E-state index is 0.140. The Labute approximate surface area is 166 Å². The van der Waals surface area contributed by atoms with Gasteiger partial charge in [-0.1, -0.05) is 60.9 Å². The molecule has 0 aliphatic rings. The van der Waals surface area contributed by atoms with E-state index in [1.54, 1.807) is 12.1 Å². The molecule has 0 saturated heterocycles. The van der Waals surface area contributed by atoms with Gasteiger partial charge in [-0.3, -0.25) is 0 Å². The summed E-state index contributed by atoms with van der Waals surface area (Å²) in [4.78, 5) is 0.145. The van der Waals surface area contributed by atoms with Crippen LogP contribution in [0.4, 0.5) is 6.01 Å². The predicted octanol–water partition coefficient (Wildman–Crippen LogP) is 4.53. The van der Waals surface area contributed by atoms with Crippen LogP contribution in [0, 0.1) is 12.8 Å². The van der Waals surface area contributed by atoms with Gasteiger partial charge in [0.25, 0.3) is 10.0 Å². The van der Waals surface area contributed by atoms with Crippen LogP contribution in [0.3, 0.4) is 0 Å².